The molecule has 1 aliphatic heterocycles. The molecule has 288 valence electrons. The van der Waals surface area contributed by atoms with Crippen molar-refractivity contribution in [1.29, 1.82) is 0 Å². The molecule has 2 aromatic heterocycles. The molecule has 0 bridgehead atoms. The number of morpholine rings is 1. The van der Waals surface area contributed by atoms with Crippen LogP contribution in [0.5, 0.6) is 0 Å². The molecule has 0 spiro atoms. The van der Waals surface area contributed by atoms with Gasteiger partial charge in [-0.25, -0.2) is 20.9 Å². The summed E-state index contributed by atoms with van der Waals surface area (Å²) in [6.45, 7) is 2.37. The van der Waals surface area contributed by atoms with Gasteiger partial charge in [0.15, 0.2) is 0 Å². The number of rotatable bonds is 8. The van der Waals surface area contributed by atoms with Gasteiger partial charge in [0, 0.05) is 27.7 Å². The predicted molar refractivity (Wildman–Crippen MR) is 216 cm³/mol. The fourth-order valence-electron chi connectivity index (χ4n) is 6.49. The first-order chi connectivity index (χ1) is 27.7. The number of hydrogen-bond donors (Lipinski definition) is 5. The number of amides is 2. The normalized spacial score (nSPS) is 13.8. The van der Waals surface area contributed by atoms with E-state index in [1.54, 1.807) is 80.8 Å². The monoisotopic (exact) mass is 829 g/mol. The lowest BCUT2D eigenvalue weighted by atomic mass is 10.1. The van der Waals surface area contributed by atoms with Crippen molar-refractivity contribution in [2.45, 2.75) is 19.1 Å². The molecule has 5 aromatic carbocycles. The van der Waals surface area contributed by atoms with Crippen LogP contribution in [-0.2, 0) is 17.8 Å². The van der Waals surface area contributed by atoms with E-state index in [0.29, 0.717) is 77.4 Å². The third-order valence-corrected chi connectivity index (χ3v) is 9.93. The van der Waals surface area contributed by atoms with Gasteiger partial charge in [0.05, 0.1) is 54.2 Å². The van der Waals surface area contributed by atoms with E-state index in [9.17, 15) is 19.2 Å². The minimum atomic E-state index is -0.586. The number of aromatic nitrogens is 4. The smallest absolute Gasteiger partial charge is 0.274 e. The molecular formula is C42H36BrN7O7. The van der Waals surface area contributed by atoms with Crippen molar-refractivity contribution < 1.29 is 24.7 Å². The Labute approximate surface area is 333 Å². The zero-order valence-corrected chi connectivity index (χ0v) is 31.8. The average Bonchev–Trinajstić information content (AvgIpc) is 3.26. The lowest BCUT2D eigenvalue weighted by molar-refractivity contribution is 0.0702. The molecule has 0 unspecified atom stereocenters. The zero-order valence-electron chi connectivity index (χ0n) is 30.3. The molecule has 1 aliphatic rings. The van der Waals surface area contributed by atoms with Crippen LogP contribution in [0.2, 0.25) is 0 Å². The Bertz CT molecular complexity index is 2680. The zero-order chi connectivity index (χ0) is 39.9. The standard InChI is InChI=1S/C22H16BrN3O3.C20H20N4O4/c23-17-11-9-15(10-12-17)20-24-19-4-2-1-3-18(19)22(28)26(20)13-14-5-7-16(8-6-14)21(27)25-29;25-19(23-27)14-7-5-13(6-8-14)11-24-18(17-12-28-10-9-21-17)22-16-4-2-1-3-15(16)20(24)26/h1-12,29H,13H2,(H,25,27);1-8,17,21,27H,9-12H2,(H,23,25)/t;17-/m.1/s1. The second kappa shape index (κ2) is 17.6. The number of hydroxylamine groups is 2. The summed E-state index contributed by atoms with van der Waals surface area (Å²) in [6, 6.07) is 35.4. The molecule has 0 aliphatic carbocycles. The van der Waals surface area contributed by atoms with E-state index in [1.165, 1.54) is 0 Å². The van der Waals surface area contributed by atoms with Gasteiger partial charge in [0.25, 0.3) is 22.9 Å². The van der Waals surface area contributed by atoms with Crippen molar-refractivity contribution >= 4 is 49.6 Å². The van der Waals surface area contributed by atoms with Crippen molar-refractivity contribution in [1.82, 2.24) is 35.4 Å². The fourth-order valence-corrected chi connectivity index (χ4v) is 6.75. The van der Waals surface area contributed by atoms with Crippen molar-refractivity contribution in [2.75, 3.05) is 19.8 Å². The minimum absolute atomic E-state index is 0.120. The van der Waals surface area contributed by atoms with Gasteiger partial charge < -0.3 is 10.1 Å². The lowest BCUT2D eigenvalue weighted by Crippen LogP contribution is -2.39. The van der Waals surface area contributed by atoms with Gasteiger partial charge in [-0.15, -0.1) is 0 Å². The number of carbonyl (C=O) groups excluding carboxylic acids is 2. The van der Waals surface area contributed by atoms with Gasteiger partial charge in [0.2, 0.25) is 0 Å². The van der Waals surface area contributed by atoms with Crippen LogP contribution in [0.3, 0.4) is 0 Å². The molecule has 1 saturated heterocycles. The van der Waals surface area contributed by atoms with Crippen LogP contribution >= 0.6 is 15.9 Å². The summed E-state index contributed by atoms with van der Waals surface area (Å²) in [4.78, 5) is 58.9. The topological polar surface area (TPSA) is 190 Å². The highest BCUT2D eigenvalue weighted by atomic mass is 79.9. The number of nitrogens with zero attached hydrogens (tertiary/aromatic N) is 4. The molecule has 14 nitrogen and oxygen atoms in total. The van der Waals surface area contributed by atoms with Gasteiger partial charge in [-0.3, -0.25) is 38.7 Å². The quantitative estimate of drug-likeness (QED) is 0.100. The third kappa shape index (κ3) is 8.72. The maximum Gasteiger partial charge on any atom is 0.274 e. The summed E-state index contributed by atoms with van der Waals surface area (Å²) in [5, 5.41) is 22.0. The van der Waals surface area contributed by atoms with E-state index in [-0.39, 0.29) is 17.2 Å². The first-order valence-electron chi connectivity index (χ1n) is 17.9. The Kier molecular flexibility index (Phi) is 12.0. The van der Waals surface area contributed by atoms with Crippen LogP contribution in [0.25, 0.3) is 33.2 Å². The van der Waals surface area contributed by atoms with Gasteiger partial charge >= 0.3 is 0 Å². The molecular weight excluding hydrogens is 794 g/mol. The molecule has 8 rings (SSSR count). The summed E-state index contributed by atoms with van der Waals surface area (Å²) in [7, 11) is 0. The molecule has 5 N–H and O–H groups in total. The number of benzene rings is 5. The van der Waals surface area contributed by atoms with Crippen LogP contribution in [-0.4, -0.2) is 61.1 Å². The van der Waals surface area contributed by atoms with E-state index < -0.39 is 11.8 Å². The number of fused-ring (bicyclic) bond motifs is 2. The Morgan fingerprint density at radius 1 is 0.702 bits per heavy atom. The largest absolute Gasteiger partial charge is 0.378 e. The second-order valence-electron chi connectivity index (χ2n) is 13.1. The molecule has 2 amide bonds. The third-order valence-electron chi connectivity index (χ3n) is 9.41. The van der Waals surface area contributed by atoms with E-state index in [2.05, 4.69) is 21.2 Å². The predicted octanol–water partition coefficient (Wildman–Crippen LogP) is 5.22. The van der Waals surface area contributed by atoms with Crippen LogP contribution < -0.4 is 27.4 Å². The number of hydrogen-bond acceptors (Lipinski definition) is 10. The summed E-state index contributed by atoms with van der Waals surface area (Å²) in [5.41, 5.74) is 7.41. The van der Waals surface area contributed by atoms with Crippen molar-refractivity contribution in [2.24, 2.45) is 0 Å². The Morgan fingerprint density at radius 2 is 1.21 bits per heavy atom. The van der Waals surface area contributed by atoms with Crippen LogP contribution in [0.15, 0.2) is 135 Å². The summed E-state index contributed by atoms with van der Waals surface area (Å²) >= 11 is 3.43. The summed E-state index contributed by atoms with van der Waals surface area (Å²) in [5.74, 6) is 0.0240. The van der Waals surface area contributed by atoms with E-state index >= 15 is 0 Å². The maximum atomic E-state index is 13.2. The van der Waals surface area contributed by atoms with Gasteiger partial charge in [0.1, 0.15) is 11.6 Å². The number of ether oxygens (including phenoxy) is 1. The fraction of sp³-hybridized carbons (Fsp3) is 0.143. The molecule has 1 fully saturated rings. The Morgan fingerprint density at radius 3 is 1.74 bits per heavy atom. The Hall–Kier alpha value is -6.36. The summed E-state index contributed by atoms with van der Waals surface area (Å²) in [6.07, 6.45) is 0. The number of para-hydroxylation sites is 2. The highest BCUT2D eigenvalue weighted by Gasteiger charge is 2.23. The van der Waals surface area contributed by atoms with Gasteiger partial charge in [-0.1, -0.05) is 76.6 Å². The highest BCUT2D eigenvalue weighted by molar-refractivity contribution is 9.10. The first-order valence-corrected chi connectivity index (χ1v) is 18.7. The number of carbonyl (C=O) groups is 2. The lowest BCUT2D eigenvalue weighted by Gasteiger charge is -2.26. The maximum absolute atomic E-state index is 13.2. The highest BCUT2D eigenvalue weighted by Crippen LogP contribution is 2.23. The number of nitrogens with one attached hydrogen (secondary N) is 3. The van der Waals surface area contributed by atoms with Crippen LogP contribution in [0.1, 0.15) is 43.7 Å². The molecule has 0 saturated carbocycles. The van der Waals surface area contributed by atoms with Gasteiger partial charge in [-0.05, 0) is 71.8 Å². The minimum Gasteiger partial charge on any atom is -0.378 e. The molecule has 1 atom stereocenters. The molecule has 7 aromatic rings. The van der Waals surface area contributed by atoms with Gasteiger partial charge in [-0.2, -0.15) is 0 Å². The Balaban J connectivity index is 0.000000174. The second-order valence-corrected chi connectivity index (χ2v) is 14.0. The SMILES string of the molecule is O=C(NO)c1ccc(Cn2c(-c3ccc(Br)cc3)nc3ccccc3c2=O)cc1.O=C(NO)c1ccc(Cn2c([C@H]3COCCN3)nc3ccccc3c2=O)cc1. The summed E-state index contributed by atoms with van der Waals surface area (Å²) < 4.78 is 9.78. The van der Waals surface area contributed by atoms with Crippen LogP contribution in [0.4, 0.5) is 0 Å². The molecule has 3 heterocycles. The van der Waals surface area contributed by atoms with Crippen LogP contribution in [0, 0.1) is 0 Å². The molecule has 0 radical (unpaired) electrons. The average molecular weight is 831 g/mol. The van der Waals surface area contributed by atoms with Crippen molar-refractivity contribution in [3.05, 3.63) is 175 Å². The number of halogens is 1. The van der Waals surface area contributed by atoms with Crippen molar-refractivity contribution in [3.8, 4) is 11.4 Å². The first kappa shape index (κ1) is 38.9. The molecule has 57 heavy (non-hydrogen) atoms. The van der Waals surface area contributed by atoms with E-state index in [4.69, 9.17) is 25.1 Å². The van der Waals surface area contributed by atoms with E-state index in [0.717, 1.165) is 21.2 Å². The molecule has 15 heteroatoms. The van der Waals surface area contributed by atoms with E-state index in [1.807, 2.05) is 60.7 Å². The van der Waals surface area contributed by atoms with Crippen molar-refractivity contribution in [3.63, 3.8) is 0 Å².